The number of fused-ring (bicyclic) bond motifs is 1. The van der Waals surface area contributed by atoms with Crippen molar-refractivity contribution in [3.63, 3.8) is 0 Å². The molecule has 1 radical (unpaired) electrons. The zero-order chi connectivity index (χ0) is 32.6. The molecule has 4 aromatic carbocycles. The van der Waals surface area contributed by atoms with Crippen molar-refractivity contribution >= 4 is 16.6 Å². The molecule has 0 amide bonds. The number of allylic oxidation sites excluding steroid dienone is 2. The van der Waals surface area contributed by atoms with Crippen molar-refractivity contribution in [3.8, 4) is 33.9 Å². The van der Waals surface area contributed by atoms with E-state index >= 15 is 0 Å². The Kier molecular flexibility index (Phi) is 12.7. The van der Waals surface area contributed by atoms with E-state index < -0.39 is 0 Å². The molecule has 0 fully saturated rings. The predicted molar refractivity (Wildman–Crippen MR) is 187 cm³/mol. The molecule has 1 aromatic heterocycles. The van der Waals surface area contributed by atoms with E-state index in [0.717, 1.165) is 40.3 Å². The minimum absolute atomic E-state index is 0. The van der Waals surface area contributed by atoms with Crippen molar-refractivity contribution in [1.82, 2.24) is 4.98 Å². The van der Waals surface area contributed by atoms with E-state index in [1.807, 2.05) is 91.1 Å². The molecule has 5 rings (SSSR count). The predicted octanol–water partition coefficient (Wildman–Crippen LogP) is 11.3. The first-order valence-electron chi connectivity index (χ1n) is 15.6. The van der Waals surface area contributed by atoms with Crippen molar-refractivity contribution in [2.24, 2.45) is 10.8 Å². The molecule has 0 atom stereocenters. The van der Waals surface area contributed by atoms with Gasteiger partial charge in [0.2, 0.25) is 5.88 Å². The van der Waals surface area contributed by atoms with Crippen molar-refractivity contribution in [2.45, 2.75) is 61.3 Å². The third kappa shape index (κ3) is 9.48. The summed E-state index contributed by atoms with van der Waals surface area (Å²) in [6, 6.07) is 36.5. The molecule has 46 heavy (non-hydrogen) atoms. The first-order chi connectivity index (χ1) is 21.4. The fraction of sp³-hybridized carbons (Fsp3) is 0.268. The molecule has 5 heteroatoms. The Morgan fingerprint density at radius 3 is 1.93 bits per heavy atom. The van der Waals surface area contributed by atoms with Crippen molar-refractivity contribution in [3.05, 3.63) is 127 Å². The fourth-order valence-corrected chi connectivity index (χ4v) is 4.50. The second-order valence-corrected chi connectivity index (χ2v) is 12.7. The molecular formula is C41H44IrNO3-. The van der Waals surface area contributed by atoms with Gasteiger partial charge >= 0.3 is 0 Å². The summed E-state index contributed by atoms with van der Waals surface area (Å²) in [7, 11) is 0. The Morgan fingerprint density at radius 2 is 1.35 bits per heavy atom. The maximum atomic E-state index is 11.8. The topological polar surface area (TPSA) is 59.4 Å². The van der Waals surface area contributed by atoms with E-state index in [9.17, 15) is 9.90 Å². The fourth-order valence-electron chi connectivity index (χ4n) is 4.50. The van der Waals surface area contributed by atoms with Crippen LogP contribution in [0.2, 0.25) is 0 Å². The van der Waals surface area contributed by atoms with Gasteiger partial charge in [-0.1, -0.05) is 121 Å². The summed E-state index contributed by atoms with van der Waals surface area (Å²) in [6.07, 6.45) is 4.84. The molecule has 0 unspecified atom stereocenters. The zero-order valence-electron chi connectivity index (χ0n) is 27.9. The van der Waals surface area contributed by atoms with E-state index in [1.165, 1.54) is 17.2 Å². The van der Waals surface area contributed by atoms with E-state index in [1.54, 1.807) is 0 Å². The summed E-state index contributed by atoms with van der Waals surface area (Å²) < 4.78 is 6.11. The Bertz CT molecular complexity index is 1780. The van der Waals surface area contributed by atoms with Crippen LogP contribution in [-0.4, -0.2) is 15.9 Å². The van der Waals surface area contributed by atoms with E-state index in [0.29, 0.717) is 11.6 Å². The number of carbonyl (C=O) groups excluding carboxylic acids is 1. The van der Waals surface area contributed by atoms with E-state index in [-0.39, 0.29) is 42.5 Å². The number of ketones is 1. The Hall–Kier alpha value is -4.05. The number of hydrogen-bond acceptors (Lipinski definition) is 4. The van der Waals surface area contributed by atoms with Gasteiger partial charge in [0.25, 0.3) is 0 Å². The van der Waals surface area contributed by atoms with Gasteiger partial charge in [-0.05, 0) is 41.0 Å². The van der Waals surface area contributed by atoms with Gasteiger partial charge in [-0.2, -0.15) is 11.6 Å². The number of hydrogen-bond donors (Lipinski definition) is 1. The van der Waals surface area contributed by atoms with Crippen molar-refractivity contribution in [2.75, 3.05) is 0 Å². The number of nitrogens with zero attached hydrogens (tertiary/aromatic N) is 1. The van der Waals surface area contributed by atoms with Crippen LogP contribution in [0.4, 0.5) is 0 Å². The van der Waals surface area contributed by atoms with Crippen LogP contribution in [0.15, 0.2) is 115 Å². The molecule has 0 aliphatic carbocycles. The summed E-state index contributed by atoms with van der Waals surface area (Å²) in [6.45, 7) is 13.7. The number of aryl methyl sites for hydroxylation is 1. The number of ether oxygens (including phenoxy) is 1. The van der Waals surface area contributed by atoms with Crippen LogP contribution in [0, 0.1) is 23.8 Å². The van der Waals surface area contributed by atoms with Gasteiger partial charge in [-0.3, -0.25) is 4.79 Å². The molecule has 0 aliphatic heterocycles. The average Bonchev–Trinajstić information content (AvgIpc) is 3.05. The third-order valence-electron chi connectivity index (χ3n) is 8.50. The van der Waals surface area contributed by atoms with Crippen LogP contribution in [0.1, 0.15) is 59.9 Å². The molecule has 0 saturated heterocycles. The number of aliphatic hydroxyl groups excluding tert-OH is 1. The second kappa shape index (κ2) is 16.0. The summed E-state index contributed by atoms with van der Waals surface area (Å²) in [5, 5.41) is 12.0. The van der Waals surface area contributed by atoms with Crippen LogP contribution in [0.25, 0.3) is 33.0 Å². The third-order valence-corrected chi connectivity index (χ3v) is 8.50. The van der Waals surface area contributed by atoms with E-state index in [4.69, 9.17) is 4.74 Å². The first-order valence-corrected chi connectivity index (χ1v) is 15.6. The van der Waals surface area contributed by atoms with E-state index in [2.05, 4.69) is 71.7 Å². The maximum Gasteiger partial charge on any atom is 0.217 e. The summed E-state index contributed by atoms with van der Waals surface area (Å²) in [5.41, 5.74) is 4.97. The molecule has 0 saturated carbocycles. The first kappa shape index (κ1) is 36.4. The van der Waals surface area contributed by atoms with Gasteiger partial charge in [0.15, 0.2) is 5.78 Å². The molecule has 0 spiro atoms. The molecule has 0 bridgehead atoms. The number of aliphatic hydroxyl groups is 1. The van der Waals surface area contributed by atoms with Gasteiger partial charge in [-0.15, -0.1) is 17.7 Å². The number of carbonyl (C=O) groups is 1. The SMILES string of the molecule is CCC(C)(C)C(=O)/C=C(\O)C(C)(C)CC.Cc1[c-]c(Oc2cc3cc(-c4ccccc4)ccc3cn2)cc(-c2ccccc2)c1.[Ir]. The normalized spacial score (nSPS) is 11.7. The van der Waals surface area contributed by atoms with Gasteiger partial charge < -0.3 is 9.84 Å². The molecule has 0 aliphatic rings. The van der Waals surface area contributed by atoms with Gasteiger partial charge in [0.05, 0.1) is 0 Å². The molecular weight excluding hydrogens is 747 g/mol. The van der Waals surface area contributed by atoms with Crippen LogP contribution < -0.4 is 4.74 Å². The van der Waals surface area contributed by atoms with Crippen molar-refractivity contribution in [1.29, 1.82) is 0 Å². The van der Waals surface area contributed by atoms with Gasteiger partial charge in [-0.25, -0.2) is 4.98 Å². The summed E-state index contributed by atoms with van der Waals surface area (Å²) >= 11 is 0. The number of pyridine rings is 1. The van der Waals surface area contributed by atoms with Crippen LogP contribution in [-0.2, 0) is 24.9 Å². The standard InChI is InChI=1S/C28H20NO.C13H24O2.Ir/c1-20-14-25(22-10-6-3-7-11-22)17-27(15-20)30-28-18-26-16-23(12-13-24(26)19-29-28)21-8-4-2-5-9-21;1-7-12(3,4)10(14)9-11(15)13(5,6)8-2;/h2-14,16-19H,1H3;9,14H,7-8H2,1-6H3;/q-1;;/b;10-9-;. The van der Waals surface area contributed by atoms with Crippen LogP contribution >= 0.6 is 0 Å². The molecule has 241 valence electrons. The summed E-state index contributed by atoms with van der Waals surface area (Å²) in [5.74, 6) is 1.43. The Balaban J connectivity index is 0.000000309. The zero-order valence-corrected chi connectivity index (χ0v) is 30.2. The van der Waals surface area contributed by atoms with Crippen LogP contribution in [0.3, 0.4) is 0 Å². The number of aromatic nitrogens is 1. The maximum absolute atomic E-state index is 11.8. The molecule has 1 N–H and O–H groups in total. The Labute approximate surface area is 287 Å². The largest absolute Gasteiger partial charge is 0.512 e. The Morgan fingerprint density at radius 1 is 0.761 bits per heavy atom. The average molecular weight is 791 g/mol. The van der Waals surface area contributed by atoms with Gasteiger partial charge in [0.1, 0.15) is 5.76 Å². The molecule has 4 nitrogen and oxygen atoms in total. The monoisotopic (exact) mass is 791 g/mol. The van der Waals surface area contributed by atoms with Gasteiger partial charge in [0, 0.05) is 60.4 Å². The minimum atomic E-state index is -0.377. The number of benzene rings is 4. The quantitative estimate of drug-likeness (QED) is 0.0918. The minimum Gasteiger partial charge on any atom is -0.512 e. The van der Waals surface area contributed by atoms with Crippen LogP contribution in [0.5, 0.6) is 11.6 Å². The molecule has 5 aromatic rings. The van der Waals surface area contributed by atoms with Crippen molar-refractivity contribution < 1.29 is 34.7 Å². The number of rotatable bonds is 9. The second-order valence-electron chi connectivity index (χ2n) is 12.7. The molecule has 1 heterocycles. The summed E-state index contributed by atoms with van der Waals surface area (Å²) in [4.78, 5) is 16.3. The smallest absolute Gasteiger partial charge is 0.217 e.